The van der Waals surface area contributed by atoms with Gasteiger partial charge in [0.2, 0.25) is 0 Å². The topological polar surface area (TPSA) is 64.4 Å². The van der Waals surface area contributed by atoms with E-state index in [9.17, 15) is 0 Å². The normalized spacial score (nSPS) is 20.5. The first kappa shape index (κ1) is 8.11. The van der Waals surface area contributed by atoms with E-state index in [0.717, 1.165) is 18.0 Å². The summed E-state index contributed by atoms with van der Waals surface area (Å²) in [7, 11) is 1.66. The summed E-state index contributed by atoms with van der Waals surface area (Å²) in [5.41, 5.74) is 12.0. The van der Waals surface area contributed by atoms with E-state index >= 15 is 0 Å². The predicted octanol–water partition coefficient (Wildman–Crippen LogP) is 0.616. The van der Waals surface area contributed by atoms with Crippen molar-refractivity contribution in [3.63, 3.8) is 0 Å². The zero-order chi connectivity index (χ0) is 8.27. The molecule has 1 fully saturated rings. The molecule has 62 valence electrons. The van der Waals surface area contributed by atoms with E-state index in [2.05, 4.69) is 4.99 Å². The third-order valence-electron chi connectivity index (χ3n) is 1.81. The van der Waals surface area contributed by atoms with Gasteiger partial charge in [0.15, 0.2) is 0 Å². The maximum atomic E-state index is 5.69. The minimum Gasteiger partial charge on any atom is -0.402 e. The van der Waals surface area contributed by atoms with Crippen molar-refractivity contribution >= 4 is 5.84 Å². The molecule has 0 heterocycles. The van der Waals surface area contributed by atoms with Gasteiger partial charge in [0.05, 0.1) is 0 Å². The van der Waals surface area contributed by atoms with E-state index in [4.69, 9.17) is 11.5 Å². The molecule has 0 aromatic heterocycles. The number of amidine groups is 1. The lowest BCUT2D eigenvalue weighted by Crippen LogP contribution is -2.11. The van der Waals surface area contributed by atoms with Crippen LogP contribution in [0.25, 0.3) is 0 Å². The predicted molar refractivity (Wildman–Crippen MR) is 47.2 cm³/mol. The van der Waals surface area contributed by atoms with Gasteiger partial charge in [-0.1, -0.05) is 0 Å². The second-order valence-corrected chi connectivity index (χ2v) is 3.02. The molecule has 0 bridgehead atoms. The summed E-state index contributed by atoms with van der Waals surface area (Å²) in [6, 6.07) is 0. The van der Waals surface area contributed by atoms with E-state index in [-0.39, 0.29) is 0 Å². The zero-order valence-corrected chi connectivity index (χ0v) is 6.88. The fraction of sp³-hybridized carbons (Fsp3) is 0.625. The molecule has 0 radical (unpaired) electrons. The Labute approximate surface area is 67.2 Å². The van der Waals surface area contributed by atoms with Crippen LogP contribution in [0.15, 0.2) is 16.8 Å². The molecule has 11 heavy (non-hydrogen) atoms. The van der Waals surface area contributed by atoms with Gasteiger partial charge in [0.1, 0.15) is 5.84 Å². The first-order valence-corrected chi connectivity index (χ1v) is 3.90. The number of hydrogen-bond acceptors (Lipinski definition) is 2. The number of hydrogen-bond donors (Lipinski definition) is 2. The molecule has 0 unspecified atom stereocenters. The maximum Gasteiger partial charge on any atom is 0.119 e. The van der Waals surface area contributed by atoms with Gasteiger partial charge in [-0.05, 0) is 31.3 Å². The molecule has 0 amide bonds. The van der Waals surface area contributed by atoms with Crippen LogP contribution in [0, 0.1) is 5.92 Å². The summed E-state index contributed by atoms with van der Waals surface area (Å²) in [6.07, 6.45) is 5.37. The summed E-state index contributed by atoms with van der Waals surface area (Å²) in [5.74, 6) is 1.33. The Morgan fingerprint density at radius 1 is 1.55 bits per heavy atom. The van der Waals surface area contributed by atoms with Gasteiger partial charge in [-0.3, -0.25) is 4.99 Å². The van der Waals surface area contributed by atoms with Crippen LogP contribution in [0.1, 0.15) is 19.3 Å². The highest BCUT2D eigenvalue weighted by Crippen LogP contribution is 2.33. The van der Waals surface area contributed by atoms with Crippen molar-refractivity contribution < 1.29 is 0 Å². The second-order valence-electron chi connectivity index (χ2n) is 3.02. The van der Waals surface area contributed by atoms with E-state index in [1.54, 1.807) is 13.1 Å². The molecule has 1 saturated carbocycles. The Bertz CT molecular complexity index is 190. The minimum atomic E-state index is 0.517. The van der Waals surface area contributed by atoms with Crippen molar-refractivity contribution in [3.05, 3.63) is 11.8 Å². The molecule has 0 aliphatic heterocycles. The second kappa shape index (κ2) is 3.42. The SMILES string of the molecule is CN=C(N)C=C(N)CC1CC1. The van der Waals surface area contributed by atoms with Gasteiger partial charge in [-0.2, -0.15) is 0 Å². The lowest BCUT2D eigenvalue weighted by molar-refractivity contribution is 0.812. The van der Waals surface area contributed by atoms with Crippen LogP contribution in [-0.2, 0) is 0 Å². The fourth-order valence-electron chi connectivity index (χ4n) is 0.969. The van der Waals surface area contributed by atoms with Gasteiger partial charge in [-0.25, -0.2) is 0 Å². The van der Waals surface area contributed by atoms with Crippen LogP contribution in [0.4, 0.5) is 0 Å². The number of nitrogens with two attached hydrogens (primary N) is 2. The average molecular weight is 153 g/mol. The van der Waals surface area contributed by atoms with Crippen LogP contribution >= 0.6 is 0 Å². The molecule has 3 heteroatoms. The Hall–Kier alpha value is -0.990. The summed E-state index contributed by atoms with van der Waals surface area (Å²) in [4.78, 5) is 3.79. The third-order valence-corrected chi connectivity index (χ3v) is 1.81. The van der Waals surface area contributed by atoms with Gasteiger partial charge in [-0.15, -0.1) is 0 Å². The van der Waals surface area contributed by atoms with Crippen LogP contribution < -0.4 is 11.5 Å². The van der Waals surface area contributed by atoms with Gasteiger partial charge in [0.25, 0.3) is 0 Å². The van der Waals surface area contributed by atoms with E-state index in [0.29, 0.717) is 5.84 Å². The van der Waals surface area contributed by atoms with Crippen LogP contribution in [0.3, 0.4) is 0 Å². The smallest absolute Gasteiger partial charge is 0.119 e. The Kier molecular flexibility index (Phi) is 2.52. The molecule has 1 rings (SSSR count). The molecule has 0 atom stereocenters. The molecule has 1 aliphatic rings. The first-order chi connectivity index (χ1) is 5.22. The zero-order valence-electron chi connectivity index (χ0n) is 6.88. The summed E-state index contributed by atoms with van der Waals surface area (Å²) >= 11 is 0. The molecule has 0 aromatic rings. The molecule has 4 N–H and O–H groups in total. The monoisotopic (exact) mass is 153 g/mol. The summed E-state index contributed by atoms with van der Waals surface area (Å²) in [6.45, 7) is 0. The number of rotatable bonds is 3. The van der Waals surface area contributed by atoms with Crippen molar-refractivity contribution in [2.75, 3.05) is 7.05 Å². The Balaban J connectivity index is 2.36. The molecule has 1 aliphatic carbocycles. The Morgan fingerprint density at radius 2 is 2.18 bits per heavy atom. The van der Waals surface area contributed by atoms with E-state index in [1.807, 2.05) is 0 Å². The fourth-order valence-corrected chi connectivity index (χ4v) is 0.969. The number of nitrogens with zero attached hydrogens (tertiary/aromatic N) is 1. The minimum absolute atomic E-state index is 0.517. The Morgan fingerprint density at radius 3 is 2.64 bits per heavy atom. The van der Waals surface area contributed by atoms with Gasteiger partial charge >= 0.3 is 0 Å². The largest absolute Gasteiger partial charge is 0.402 e. The van der Waals surface area contributed by atoms with Crippen molar-refractivity contribution in [2.24, 2.45) is 22.4 Å². The lowest BCUT2D eigenvalue weighted by atomic mass is 10.2. The highest BCUT2D eigenvalue weighted by molar-refractivity contribution is 5.91. The van der Waals surface area contributed by atoms with Crippen molar-refractivity contribution in [3.8, 4) is 0 Å². The molecule has 3 nitrogen and oxygen atoms in total. The summed E-state index contributed by atoms with van der Waals surface area (Å²) in [5, 5.41) is 0. The van der Waals surface area contributed by atoms with Gasteiger partial charge < -0.3 is 11.5 Å². The highest BCUT2D eigenvalue weighted by atomic mass is 14.8. The van der Waals surface area contributed by atoms with Crippen molar-refractivity contribution in [1.29, 1.82) is 0 Å². The number of allylic oxidation sites excluding steroid dienone is 1. The van der Waals surface area contributed by atoms with E-state index in [1.165, 1.54) is 12.8 Å². The first-order valence-electron chi connectivity index (χ1n) is 3.90. The quantitative estimate of drug-likeness (QED) is 0.461. The average Bonchev–Trinajstić information content (AvgIpc) is 2.71. The molecule has 0 spiro atoms. The lowest BCUT2D eigenvalue weighted by Gasteiger charge is -1.97. The van der Waals surface area contributed by atoms with Crippen LogP contribution in [0.5, 0.6) is 0 Å². The van der Waals surface area contributed by atoms with Crippen LogP contribution in [0.2, 0.25) is 0 Å². The molecule has 0 aromatic carbocycles. The summed E-state index contributed by atoms with van der Waals surface area (Å²) < 4.78 is 0. The maximum absolute atomic E-state index is 5.69. The molecular weight excluding hydrogens is 138 g/mol. The standard InChI is InChI=1S/C8H15N3/c1-11-8(10)5-7(9)4-6-2-3-6/h5-6H,2-4,9H2,1H3,(H2,10,11). The molecular formula is C8H15N3. The third kappa shape index (κ3) is 3.07. The highest BCUT2D eigenvalue weighted by Gasteiger charge is 2.21. The van der Waals surface area contributed by atoms with Gasteiger partial charge in [0, 0.05) is 12.7 Å². The van der Waals surface area contributed by atoms with Crippen LogP contribution in [-0.4, -0.2) is 12.9 Å². The van der Waals surface area contributed by atoms with E-state index < -0.39 is 0 Å². The van der Waals surface area contributed by atoms with Crippen molar-refractivity contribution in [1.82, 2.24) is 0 Å². The van der Waals surface area contributed by atoms with Crippen molar-refractivity contribution in [2.45, 2.75) is 19.3 Å². The number of aliphatic imine (C=N–C) groups is 1. The molecule has 0 saturated heterocycles.